The average molecular weight is 344 g/mol. The van der Waals surface area contributed by atoms with Crippen LogP contribution in [0.4, 0.5) is 10.1 Å². The molecule has 1 heterocycles. The SMILES string of the molecule is O=C(Nc1ccccc1Oc1cccc(F)c1)C(=O)N1CCOCC1. The van der Waals surface area contributed by atoms with Crippen molar-refractivity contribution in [2.24, 2.45) is 0 Å². The van der Waals surface area contributed by atoms with Crippen molar-refractivity contribution in [2.45, 2.75) is 0 Å². The number of halogens is 1. The number of para-hydroxylation sites is 2. The molecule has 0 aliphatic carbocycles. The van der Waals surface area contributed by atoms with E-state index in [1.54, 1.807) is 30.3 Å². The zero-order valence-corrected chi connectivity index (χ0v) is 13.4. The third-order valence-corrected chi connectivity index (χ3v) is 3.65. The van der Waals surface area contributed by atoms with Crippen molar-refractivity contribution in [1.82, 2.24) is 4.90 Å². The fourth-order valence-corrected chi connectivity index (χ4v) is 2.40. The summed E-state index contributed by atoms with van der Waals surface area (Å²) in [5, 5.41) is 2.55. The maximum absolute atomic E-state index is 13.3. The molecule has 2 aromatic rings. The van der Waals surface area contributed by atoms with Crippen LogP contribution in [0.25, 0.3) is 0 Å². The van der Waals surface area contributed by atoms with Crippen molar-refractivity contribution < 1.29 is 23.5 Å². The Morgan fingerprint density at radius 1 is 1.08 bits per heavy atom. The zero-order valence-electron chi connectivity index (χ0n) is 13.4. The van der Waals surface area contributed by atoms with E-state index in [4.69, 9.17) is 9.47 Å². The molecule has 0 unspecified atom stereocenters. The molecule has 25 heavy (non-hydrogen) atoms. The van der Waals surface area contributed by atoms with Crippen LogP contribution >= 0.6 is 0 Å². The fraction of sp³-hybridized carbons (Fsp3) is 0.222. The molecule has 0 radical (unpaired) electrons. The molecule has 1 N–H and O–H groups in total. The summed E-state index contributed by atoms with van der Waals surface area (Å²) in [5.74, 6) is -1.19. The first-order chi connectivity index (χ1) is 12.1. The summed E-state index contributed by atoms with van der Waals surface area (Å²) in [5.41, 5.74) is 0.332. The van der Waals surface area contributed by atoms with Gasteiger partial charge in [0, 0.05) is 19.2 Å². The topological polar surface area (TPSA) is 67.9 Å². The molecule has 2 aromatic carbocycles. The molecule has 1 aliphatic rings. The van der Waals surface area contributed by atoms with Crippen molar-refractivity contribution >= 4 is 17.5 Å². The molecular formula is C18H17FN2O4. The molecule has 0 bridgehead atoms. The van der Waals surface area contributed by atoms with Crippen LogP contribution in [-0.2, 0) is 14.3 Å². The number of hydrogen-bond donors (Lipinski definition) is 1. The second kappa shape index (κ2) is 7.76. The van der Waals surface area contributed by atoms with Crippen molar-refractivity contribution in [2.75, 3.05) is 31.6 Å². The van der Waals surface area contributed by atoms with E-state index in [1.807, 2.05) is 0 Å². The molecule has 1 fully saturated rings. The van der Waals surface area contributed by atoms with Crippen LogP contribution in [0.3, 0.4) is 0 Å². The fourth-order valence-electron chi connectivity index (χ4n) is 2.40. The highest BCUT2D eigenvalue weighted by Gasteiger charge is 2.24. The van der Waals surface area contributed by atoms with E-state index >= 15 is 0 Å². The summed E-state index contributed by atoms with van der Waals surface area (Å²) in [6, 6.07) is 12.3. The molecule has 3 rings (SSSR count). The van der Waals surface area contributed by atoms with E-state index in [-0.39, 0.29) is 0 Å². The molecule has 0 aromatic heterocycles. The van der Waals surface area contributed by atoms with Gasteiger partial charge in [-0.25, -0.2) is 4.39 Å². The van der Waals surface area contributed by atoms with Crippen LogP contribution in [0, 0.1) is 5.82 Å². The Hall–Kier alpha value is -2.93. The molecule has 130 valence electrons. The number of morpholine rings is 1. The number of ether oxygens (including phenoxy) is 2. The maximum atomic E-state index is 13.3. The first-order valence-corrected chi connectivity index (χ1v) is 7.84. The summed E-state index contributed by atoms with van der Waals surface area (Å²) in [7, 11) is 0. The Morgan fingerprint density at radius 3 is 2.60 bits per heavy atom. The van der Waals surface area contributed by atoms with Gasteiger partial charge in [0.25, 0.3) is 0 Å². The van der Waals surface area contributed by atoms with Gasteiger partial charge in [-0.1, -0.05) is 18.2 Å². The van der Waals surface area contributed by atoms with Gasteiger partial charge in [0.05, 0.1) is 18.9 Å². The number of hydrogen-bond acceptors (Lipinski definition) is 4. The van der Waals surface area contributed by atoms with Crippen molar-refractivity contribution in [1.29, 1.82) is 0 Å². The summed E-state index contributed by atoms with van der Waals surface area (Å²) in [4.78, 5) is 25.8. The number of nitrogens with zero attached hydrogens (tertiary/aromatic N) is 1. The largest absolute Gasteiger partial charge is 0.455 e. The van der Waals surface area contributed by atoms with Gasteiger partial charge in [0.1, 0.15) is 11.6 Å². The lowest BCUT2D eigenvalue weighted by molar-refractivity contribution is -0.145. The summed E-state index contributed by atoms with van der Waals surface area (Å²) >= 11 is 0. The van der Waals surface area contributed by atoms with Gasteiger partial charge in [-0.15, -0.1) is 0 Å². The van der Waals surface area contributed by atoms with Gasteiger partial charge in [-0.05, 0) is 24.3 Å². The molecular weight excluding hydrogens is 327 g/mol. The van der Waals surface area contributed by atoms with Crippen molar-refractivity contribution in [3.05, 3.63) is 54.3 Å². The predicted octanol–water partition coefficient (Wildman–Crippen LogP) is 2.42. The quantitative estimate of drug-likeness (QED) is 0.869. The molecule has 7 heteroatoms. The van der Waals surface area contributed by atoms with E-state index in [9.17, 15) is 14.0 Å². The van der Waals surface area contributed by atoms with Gasteiger partial charge in [0.2, 0.25) is 0 Å². The number of carbonyl (C=O) groups is 2. The van der Waals surface area contributed by atoms with Crippen LogP contribution in [0.5, 0.6) is 11.5 Å². The Kier molecular flexibility index (Phi) is 5.25. The lowest BCUT2D eigenvalue weighted by Crippen LogP contribution is -2.45. The Labute approximate surface area is 144 Å². The normalized spacial score (nSPS) is 14.0. The standard InChI is InChI=1S/C18H17FN2O4/c19-13-4-3-5-14(12-13)25-16-7-2-1-6-15(16)20-17(22)18(23)21-8-10-24-11-9-21/h1-7,12H,8-11H2,(H,20,22). The molecule has 1 saturated heterocycles. The molecule has 0 saturated carbocycles. The molecule has 2 amide bonds. The van der Waals surface area contributed by atoms with Crippen molar-refractivity contribution in [3.63, 3.8) is 0 Å². The van der Waals surface area contributed by atoms with Gasteiger partial charge < -0.3 is 19.7 Å². The summed E-state index contributed by atoms with van der Waals surface area (Å²) < 4.78 is 24.1. The van der Waals surface area contributed by atoms with E-state index in [0.717, 1.165) is 0 Å². The number of nitrogens with one attached hydrogen (secondary N) is 1. The minimum atomic E-state index is -0.753. The van der Waals surface area contributed by atoms with E-state index in [1.165, 1.54) is 23.1 Å². The third kappa shape index (κ3) is 4.33. The molecule has 1 aliphatic heterocycles. The van der Waals surface area contributed by atoms with Gasteiger partial charge in [-0.3, -0.25) is 9.59 Å². The maximum Gasteiger partial charge on any atom is 0.314 e. The number of anilines is 1. The minimum Gasteiger partial charge on any atom is -0.455 e. The van der Waals surface area contributed by atoms with Gasteiger partial charge in [0.15, 0.2) is 5.75 Å². The highest BCUT2D eigenvalue weighted by molar-refractivity contribution is 6.39. The smallest absolute Gasteiger partial charge is 0.314 e. The van der Waals surface area contributed by atoms with E-state index in [0.29, 0.717) is 43.5 Å². The van der Waals surface area contributed by atoms with Crippen molar-refractivity contribution in [3.8, 4) is 11.5 Å². The number of amides is 2. The number of benzene rings is 2. The minimum absolute atomic E-state index is 0.293. The third-order valence-electron chi connectivity index (χ3n) is 3.65. The van der Waals surface area contributed by atoms with Gasteiger partial charge in [-0.2, -0.15) is 0 Å². The Bertz CT molecular complexity index is 775. The Balaban J connectivity index is 1.72. The second-order valence-electron chi connectivity index (χ2n) is 5.41. The van der Waals surface area contributed by atoms with Crippen LogP contribution in [-0.4, -0.2) is 43.0 Å². The van der Waals surface area contributed by atoms with Crippen LogP contribution in [0.1, 0.15) is 0 Å². The van der Waals surface area contributed by atoms with E-state index < -0.39 is 17.6 Å². The second-order valence-corrected chi connectivity index (χ2v) is 5.41. The van der Waals surface area contributed by atoms with Crippen LogP contribution in [0.2, 0.25) is 0 Å². The summed E-state index contributed by atoms with van der Waals surface area (Å²) in [6.07, 6.45) is 0. The lowest BCUT2D eigenvalue weighted by Gasteiger charge is -2.26. The molecule has 0 spiro atoms. The monoisotopic (exact) mass is 344 g/mol. The van der Waals surface area contributed by atoms with Crippen LogP contribution in [0.15, 0.2) is 48.5 Å². The number of rotatable bonds is 3. The van der Waals surface area contributed by atoms with E-state index in [2.05, 4.69) is 5.32 Å². The molecule has 6 nitrogen and oxygen atoms in total. The summed E-state index contributed by atoms with van der Waals surface area (Å²) in [6.45, 7) is 1.60. The Morgan fingerprint density at radius 2 is 1.84 bits per heavy atom. The average Bonchev–Trinajstić information content (AvgIpc) is 2.63. The lowest BCUT2D eigenvalue weighted by atomic mass is 10.2. The highest BCUT2D eigenvalue weighted by Crippen LogP contribution is 2.29. The highest BCUT2D eigenvalue weighted by atomic mass is 19.1. The first-order valence-electron chi connectivity index (χ1n) is 7.84. The zero-order chi connectivity index (χ0) is 17.6. The first kappa shape index (κ1) is 16.9. The molecule has 0 atom stereocenters. The predicted molar refractivity (Wildman–Crippen MR) is 88.9 cm³/mol. The number of carbonyl (C=O) groups excluding carboxylic acids is 2. The van der Waals surface area contributed by atoms with Gasteiger partial charge >= 0.3 is 11.8 Å². The van der Waals surface area contributed by atoms with Crippen LogP contribution < -0.4 is 10.1 Å².